The topological polar surface area (TPSA) is 0 Å². The Labute approximate surface area is 103 Å². The molecule has 0 bridgehead atoms. The summed E-state index contributed by atoms with van der Waals surface area (Å²) in [6, 6.07) is 4.33. The highest BCUT2D eigenvalue weighted by Gasteiger charge is 2.14. The second kappa shape index (κ2) is 4.80. The average Bonchev–Trinajstić information content (AvgIpc) is 2.02. The Morgan fingerprint density at radius 1 is 0.929 bits per heavy atom. The summed E-state index contributed by atoms with van der Waals surface area (Å²) in [6.07, 6.45) is 0. The molecule has 2 heteroatoms. The minimum atomic E-state index is 0.539. The van der Waals surface area contributed by atoms with Gasteiger partial charge < -0.3 is 0 Å². The fraction of sp³-hybridized carbons (Fsp3) is 0.500. The lowest BCUT2D eigenvalue weighted by Gasteiger charge is -2.16. The summed E-state index contributed by atoms with van der Waals surface area (Å²) < 4.78 is 2.46. The molecule has 1 aromatic carbocycles. The van der Waals surface area contributed by atoms with Gasteiger partial charge in [0.1, 0.15) is 0 Å². The molecule has 0 saturated heterocycles. The third-order valence-electron chi connectivity index (χ3n) is 2.36. The molecule has 0 N–H and O–H groups in total. The Morgan fingerprint density at radius 3 is 1.93 bits per heavy atom. The van der Waals surface area contributed by atoms with Gasteiger partial charge in [0.05, 0.1) is 0 Å². The molecule has 0 aromatic heterocycles. The van der Waals surface area contributed by atoms with E-state index in [-0.39, 0.29) is 0 Å². The summed E-state index contributed by atoms with van der Waals surface area (Å²) in [5, 5.41) is 0. The van der Waals surface area contributed by atoms with E-state index in [1.54, 1.807) is 0 Å². The van der Waals surface area contributed by atoms with E-state index in [1.807, 2.05) is 0 Å². The Hall–Kier alpha value is 0.180. The zero-order valence-electron chi connectivity index (χ0n) is 9.07. The summed E-state index contributed by atoms with van der Waals surface area (Å²) in [5.74, 6) is 1.10. The highest BCUT2D eigenvalue weighted by Crippen LogP contribution is 2.36. The van der Waals surface area contributed by atoms with Gasteiger partial charge in [-0.3, -0.25) is 0 Å². The molecular weight excluding hydrogens is 304 g/mol. The maximum Gasteiger partial charge on any atom is 0.0255 e. The van der Waals surface area contributed by atoms with Crippen LogP contribution in [0.5, 0.6) is 0 Å². The van der Waals surface area contributed by atoms with Crippen LogP contribution in [-0.2, 0) is 0 Å². The lowest BCUT2D eigenvalue weighted by Crippen LogP contribution is -1.97. The molecule has 0 aliphatic rings. The number of hydrogen-bond donors (Lipinski definition) is 0. The molecule has 0 heterocycles. The molecule has 0 spiro atoms. The van der Waals surface area contributed by atoms with Crippen LogP contribution in [0.3, 0.4) is 0 Å². The van der Waals surface area contributed by atoms with E-state index in [4.69, 9.17) is 0 Å². The fourth-order valence-corrected chi connectivity index (χ4v) is 3.88. The molecule has 0 aliphatic heterocycles. The van der Waals surface area contributed by atoms with Gasteiger partial charge >= 0.3 is 0 Å². The summed E-state index contributed by atoms with van der Waals surface area (Å²) >= 11 is 7.30. The van der Waals surface area contributed by atoms with Crippen LogP contribution in [0.4, 0.5) is 0 Å². The van der Waals surface area contributed by atoms with Crippen molar-refractivity contribution < 1.29 is 0 Å². The van der Waals surface area contributed by atoms with Crippen molar-refractivity contribution in [3.05, 3.63) is 32.2 Å². The van der Waals surface area contributed by atoms with E-state index < -0.39 is 0 Å². The zero-order chi connectivity index (χ0) is 10.9. The number of benzene rings is 1. The molecule has 0 unspecified atom stereocenters. The second-order valence-electron chi connectivity index (χ2n) is 4.17. The smallest absolute Gasteiger partial charge is 0.0255 e. The SMILES string of the molecule is CC(C)c1ccc(Br)c(C(C)C)c1Br. The average molecular weight is 320 g/mol. The van der Waals surface area contributed by atoms with Gasteiger partial charge in [-0.15, -0.1) is 0 Å². The van der Waals surface area contributed by atoms with E-state index in [9.17, 15) is 0 Å². The number of rotatable bonds is 2. The van der Waals surface area contributed by atoms with Crippen molar-refractivity contribution in [1.29, 1.82) is 0 Å². The molecule has 0 atom stereocenters. The molecule has 78 valence electrons. The fourth-order valence-electron chi connectivity index (χ4n) is 1.56. The van der Waals surface area contributed by atoms with Crippen molar-refractivity contribution in [2.75, 3.05) is 0 Å². The van der Waals surface area contributed by atoms with Crippen LogP contribution < -0.4 is 0 Å². The van der Waals surface area contributed by atoms with Crippen LogP contribution >= 0.6 is 31.9 Å². The zero-order valence-corrected chi connectivity index (χ0v) is 12.2. The van der Waals surface area contributed by atoms with Crippen molar-refractivity contribution in [3.8, 4) is 0 Å². The maximum absolute atomic E-state index is 3.70. The molecule has 0 amide bonds. The van der Waals surface area contributed by atoms with Gasteiger partial charge in [-0.2, -0.15) is 0 Å². The molecule has 1 rings (SSSR count). The predicted molar refractivity (Wildman–Crippen MR) is 70.0 cm³/mol. The van der Waals surface area contributed by atoms with E-state index in [1.165, 1.54) is 20.1 Å². The summed E-state index contributed by atoms with van der Waals surface area (Å²) in [4.78, 5) is 0. The van der Waals surface area contributed by atoms with Gasteiger partial charge in [-0.1, -0.05) is 65.6 Å². The molecule has 14 heavy (non-hydrogen) atoms. The lowest BCUT2D eigenvalue weighted by atomic mass is 9.96. The normalized spacial score (nSPS) is 11.4. The second-order valence-corrected chi connectivity index (χ2v) is 5.82. The molecule has 0 nitrogen and oxygen atoms in total. The van der Waals surface area contributed by atoms with Crippen LogP contribution in [-0.4, -0.2) is 0 Å². The number of halogens is 2. The largest absolute Gasteiger partial charge is 0.0586 e. The van der Waals surface area contributed by atoms with E-state index in [0.717, 1.165) is 0 Å². The van der Waals surface area contributed by atoms with Crippen LogP contribution in [0.25, 0.3) is 0 Å². The number of hydrogen-bond acceptors (Lipinski definition) is 0. The molecule has 0 fully saturated rings. The van der Waals surface area contributed by atoms with Gasteiger partial charge in [-0.05, 0) is 29.0 Å². The summed E-state index contributed by atoms with van der Waals surface area (Å²) in [7, 11) is 0. The Bertz CT molecular complexity index is 327. The first kappa shape index (κ1) is 12.3. The molecule has 0 saturated carbocycles. The Balaban J connectivity index is 3.34. The van der Waals surface area contributed by atoms with Crippen LogP contribution in [0.15, 0.2) is 21.1 Å². The van der Waals surface area contributed by atoms with Crippen LogP contribution in [0.2, 0.25) is 0 Å². The van der Waals surface area contributed by atoms with Gasteiger partial charge in [0.2, 0.25) is 0 Å². The van der Waals surface area contributed by atoms with Crippen molar-refractivity contribution in [2.24, 2.45) is 0 Å². The lowest BCUT2D eigenvalue weighted by molar-refractivity contribution is 0.819. The predicted octanol–water partition coefficient (Wildman–Crippen LogP) is 5.46. The minimum Gasteiger partial charge on any atom is -0.0586 e. The van der Waals surface area contributed by atoms with Crippen molar-refractivity contribution >= 4 is 31.9 Å². The van der Waals surface area contributed by atoms with Gasteiger partial charge in [0.15, 0.2) is 0 Å². The van der Waals surface area contributed by atoms with E-state index in [0.29, 0.717) is 11.8 Å². The highest BCUT2D eigenvalue weighted by molar-refractivity contribution is 9.11. The van der Waals surface area contributed by atoms with Crippen LogP contribution in [0, 0.1) is 0 Å². The van der Waals surface area contributed by atoms with Crippen LogP contribution in [0.1, 0.15) is 50.7 Å². The quantitative estimate of drug-likeness (QED) is 0.679. The first-order valence-corrected chi connectivity index (χ1v) is 6.51. The Morgan fingerprint density at radius 2 is 1.50 bits per heavy atom. The van der Waals surface area contributed by atoms with Gasteiger partial charge in [0.25, 0.3) is 0 Å². The maximum atomic E-state index is 3.70. The molecule has 1 aromatic rings. The Kier molecular flexibility index (Phi) is 4.20. The van der Waals surface area contributed by atoms with Crippen molar-refractivity contribution in [2.45, 2.75) is 39.5 Å². The first-order chi connectivity index (χ1) is 6.45. The molecule has 0 radical (unpaired) electrons. The summed E-state index contributed by atoms with van der Waals surface area (Å²) in [5.41, 5.74) is 2.76. The van der Waals surface area contributed by atoms with Gasteiger partial charge in [-0.25, -0.2) is 0 Å². The third-order valence-corrected chi connectivity index (χ3v) is 3.93. The standard InChI is InChI=1S/C12H16Br2/c1-7(2)9-5-6-10(13)11(8(3)4)12(9)14/h5-8H,1-4H3. The monoisotopic (exact) mass is 318 g/mol. The van der Waals surface area contributed by atoms with Crippen molar-refractivity contribution in [3.63, 3.8) is 0 Å². The minimum absolute atomic E-state index is 0.539. The first-order valence-electron chi connectivity index (χ1n) is 4.93. The molecule has 0 aliphatic carbocycles. The van der Waals surface area contributed by atoms with Crippen molar-refractivity contribution in [1.82, 2.24) is 0 Å². The van der Waals surface area contributed by atoms with Gasteiger partial charge in [0, 0.05) is 8.95 Å². The highest BCUT2D eigenvalue weighted by atomic mass is 79.9. The van der Waals surface area contributed by atoms with E-state index >= 15 is 0 Å². The molecular formula is C12H16Br2. The van der Waals surface area contributed by atoms with E-state index in [2.05, 4.69) is 71.7 Å². The summed E-state index contributed by atoms with van der Waals surface area (Å²) in [6.45, 7) is 8.88. The third kappa shape index (κ3) is 2.40.